The maximum atomic E-state index is 13.0. The Morgan fingerprint density at radius 1 is 1.14 bits per heavy atom. The molecule has 0 saturated carbocycles. The molecule has 1 unspecified atom stereocenters. The van der Waals surface area contributed by atoms with E-state index in [-0.39, 0.29) is 11.9 Å². The van der Waals surface area contributed by atoms with Crippen molar-refractivity contribution in [3.63, 3.8) is 0 Å². The number of hydrogen-bond acceptors (Lipinski definition) is 4. The lowest BCUT2D eigenvalue weighted by Gasteiger charge is -2.40. The zero-order valence-corrected chi connectivity index (χ0v) is 16.6. The van der Waals surface area contributed by atoms with E-state index in [2.05, 4.69) is 24.1 Å². The standard InChI is InChI=1S/C22H23ClN2O3/c1-24-9-10-25(19(15-24)17-5-3-2-4-6-17)21(26)8-7-16-13-18(23)22-20(14-16)27-11-12-28-22/h2-8,13-14,19H,9-12,15H2,1H3. The van der Waals surface area contributed by atoms with Gasteiger partial charge in [0, 0.05) is 25.7 Å². The molecule has 1 saturated heterocycles. The molecule has 1 atom stereocenters. The van der Waals surface area contributed by atoms with Crippen LogP contribution in [0, 0.1) is 0 Å². The monoisotopic (exact) mass is 398 g/mol. The molecule has 28 heavy (non-hydrogen) atoms. The van der Waals surface area contributed by atoms with Gasteiger partial charge in [-0.2, -0.15) is 0 Å². The van der Waals surface area contributed by atoms with Crippen molar-refractivity contribution < 1.29 is 14.3 Å². The van der Waals surface area contributed by atoms with Crippen LogP contribution < -0.4 is 9.47 Å². The second-order valence-corrected chi connectivity index (χ2v) is 7.49. The number of hydrogen-bond donors (Lipinski definition) is 0. The number of carbonyl (C=O) groups is 1. The van der Waals surface area contributed by atoms with Crippen molar-refractivity contribution in [3.8, 4) is 11.5 Å². The highest BCUT2D eigenvalue weighted by molar-refractivity contribution is 6.32. The van der Waals surface area contributed by atoms with E-state index >= 15 is 0 Å². The number of ether oxygens (including phenoxy) is 2. The summed E-state index contributed by atoms with van der Waals surface area (Å²) in [5.41, 5.74) is 1.96. The predicted octanol–water partition coefficient (Wildman–Crippen LogP) is 3.64. The summed E-state index contributed by atoms with van der Waals surface area (Å²) in [5, 5.41) is 0.492. The first-order chi connectivity index (χ1) is 13.6. The zero-order valence-electron chi connectivity index (χ0n) is 15.8. The highest BCUT2D eigenvalue weighted by Gasteiger charge is 2.29. The summed E-state index contributed by atoms with van der Waals surface area (Å²) in [7, 11) is 2.09. The van der Waals surface area contributed by atoms with Gasteiger partial charge in [-0.15, -0.1) is 0 Å². The van der Waals surface area contributed by atoms with Crippen molar-refractivity contribution in [2.75, 3.05) is 39.9 Å². The van der Waals surface area contributed by atoms with Gasteiger partial charge in [0.25, 0.3) is 0 Å². The number of likely N-dealkylation sites (N-methyl/N-ethyl adjacent to an activating group) is 1. The van der Waals surface area contributed by atoms with Gasteiger partial charge in [0.05, 0.1) is 11.1 Å². The fourth-order valence-electron chi connectivity index (χ4n) is 3.63. The first-order valence-corrected chi connectivity index (χ1v) is 9.81. The normalized spacial score (nSPS) is 19.8. The predicted molar refractivity (Wildman–Crippen MR) is 110 cm³/mol. The van der Waals surface area contributed by atoms with Gasteiger partial charge in [-0.25, -0.2) is 0 Å². The van der Waals surface area contributed by atoms with Crippen LogP contribution in [-0.4, -0.2) is 55.6 Å². The Kier molecular flexibility index (Phi) is 5.55. The Morgan fingerprint density at radius 3 is 2.75 bits per heavy atom. The first kappa shape index (κ1) is 18.8. The van der Waals surface area contributed by atoms with Crippen LogP contribution in [0.15, 0.2) is 48.5 Å². The van der Waals surface area contributed by atoms with Crippen LogP contribution >= 0.6 is 11.6 Å². The number of nitrogens with zero attached hydrogens (tertiary/aromatic N) is 2. The summed E-state index contributed by atoms with van der Waals surface area (Å²) in [4.78, 5) is 17.2. The molecule has 4 rings (SSSR count). The largest absolute Gasteiger partial charge is 0.486 e. The van der Waals surface area contributed by atoms with Gasteiger partial charge in [0.1, 0.15) is 13.2 Å². The van der Waals surface area contributed by atoms with Gasteiger partial charge in [-0.05, 0) is 36.4 Å². The van der Waals surface area contributed by atoms with Crippen molar-refractivity contribution in [2.24, 2.45) is 0 Å². The van der Waals surface area contributed by atoms with E-state index in [4.69, 9.17) is 21.1 Å². The number of amides is 1. The number of carbonyl (C=O) groups excluding carboxylic acids is 1. The Bertz CT molecular complexity index is 885. The van der Waals surface area contributed by atoms with E-state index in [9.17, 15) is 4.79 Å². The van der Waals surface area contributed by atoms with Crippen LogP contribution in [0.3, 0.4) is 0 Å². The highest BCUT2D eigenvalue weighted by Crippen LogP contribution is 2.38. The number of rotatable bonds is 3. The lowest BCUT2D eigenvalue weighted by atomic mass is 10.0. The van der Waals surface area contributed by atoms with E-state index in [1.165, 1.54) is 0 Å². The molecule has 0 spiro atoms. The van der Waals surface area contributed by atoms with Crippen molar-refractivity contribution in [3.05, 3.63) is 64.7 Å². The van der Waals surface area contributed by atoms with E-state index in [1.54, 1.807) is 18.2 Å². The molecule has 0 aromatic heterocycles. The third kappa shape index (κ3) is 4.01. The molecule has 2 aliphatic heterocycles. The molecule has 0 N–H and O–H groups in total. The maximum Gasteiger partial charge on any atom is 0.247 e. The molecule has 6 heteroatoms. The molecule has 0 radical (unpaired) electrons. The average Bonchev–Trinajstić information content (AvgIpc) is 2.72. The number of fused-ring (bicyclic) bond motifs is 1. The summed E-state index contributed by atoms with van der Waals surface area (Å²) in [6.07, 6.45) is 3.40. The SMILES string of the molecule is CN1CCN(C(=O)C=Cc2cc(Cl)c3c(c2)OCCO3)C(c2ccccc2)C1. The molecule has 2 aromatic rings. The van der Waals surface area contributed by atoms with Crippen molar-refractivity contribution in [1.29, 1.82) is 0 Å². The quantitative estimate of drug-likeness (QED) is 0.740. The van der Waals surface area contributed by atoms with E-state index in [1.807, 2.05) is 29.2 Å². The second kappa shape index (κ2) is 8.25. The fourth-order valence-corrected chi connectivity index (χ4v) is 3.91. The minimum Gasteiger partial charge on any atom is -0.486 e. The summed E-state index contributed by atoms with van der Waals surface area (Å²) < 4.78 is 11.2. The molecular weight excluding hydrogens is 376 g/mol. The summed E-state index contributed by atoms with van der Waals surface area (Å²) >= 11 is 6.29. The lowest BCUT2D eigenvalue weighted by molar-refractivity contribution is -0.130. The maximum absolute atomic E-state index is 13.0. The van der Waals surface area contributed by atoms with Crippen LogP contribution in [0.5, 0.6) is 11.5 Å². The average molecular weight is 399 g/mol. The third-order valence-corrected chi connectivity index (χ3v) is 5.37. The molecule has 1 fully saturated rings. The van der Waals surface area contributed by atoms with Crippen LogP contribution in [0.4, 0.5) is 0 Å². The zero-order chi connectivity index (χ0) is 19.5. The van der Waals surface area contributed by atoms with E-state index in [0.717, 1.165) is 24.2 Å². The van der Waals surface area contributed by atoms with Crippen LogP contribution in [-0.2, 0) is 4.79 Å². The molecule has 0 bridgehead atoms. The Hall–Kier alpha value is -2.50. The summed E-state index contributed by atoms with van der Waals surface area (Å²) in [6.45, 7) is 3.36. The van der Waals surface area contributed by atoms with E-state index in [0.29, 0.717) is 36.3 Å². The van der Waals surface area contributed by atoms with Crippen molar-refractivity contribution >= 4 is 23.6 Å². The second-order valence-electron chi connectivity index (χ2n) is 7.08. The topological polar surface area (TPSA) is 42.0 Å². The Balaban J connectivity index is 1.54. The van der Waals surface area contributed by atoms with Crippen LogP contribution in [0.25, 0.3) is 6.08 Å². The molecule has 2 heterocycles. The summed E-state index contributed by atoms with van der Waals surface area (Å²) in [6, 6.07) is 13.9. The minimum absolute atomic E-state index is 0.00651. The Labute approximate surface area is 170 Å². The van der Waals surface area contributed by atoms with Crippen LogP contribution in [0.2, 0.25) is 5.02 Å². The summed E-state index contributed by atoms with van der Waals surface area (Å²) in [5.74, 6) is 1.18. The number of benzene rings is 2. The third-order valence-electron chi connectivity index (χ3n) is 5.09. The molecular formula is C22H23ClN2O3. The molecule has 1 amide bonds. The minimum atomic E-state index is -0.00651. The van der Waals surface area contributed by atoms with Crippen molar-refractivity contribution in [1.82, 2.24) is 9.80 Å². The van der Waals surface area contributed by atoms with Gasteiger partial charge in [0.15, 0.2) is 11.5 Å². The van der Waals surface area contributed by atoms with Crippen molar-refractivity contribution in [2.45, 2.75) is 6.04 Å². The molecule has 2 aliphatic rings. The van der Waals surface area contributed by atoms with Gasteiger partial charge >= 0.3 is 0 Å². The molecule has 5 nitrogen and oxygen atoms in total. The molecule has 0 aliphatic carbocycles. The molecule has 146 valence electrons. The number of piperazine rings is 1. The van der Waals surface area contributed by atoms with E-state index < -0.39 is 0 Å². The lowest BCUT2D eigenvalue weighted by Crippen LogP contribution is -2.48. The van der Waals surface area contributed by atoms with Gasteiger partial charge in [-0.3, -0.25) is 4.79 Å². The Morgan fingerprint density at radius 2 is 1.93 bits per heavy atom. The number of halogens is 1. The van der Waals surface area contributed by atoms with Gasteiger partial charge < -0.3 is 19.3 Å². The fraction of sp³-hybridized carbons (Fsp3) is 0.318. The highest BCUT2D eigenvalue weighted by atomic mass is 35.5. The smallest absolute Gasteiger partial charge is 0.247 e. The van der Waals surface area contributed by atoms with Gasteiger partial charge in [-0.1, -0.05) is 41.9 Å². The van der Waals surface area contributed by atoms with Gasteiger partial charge in [0.2, 0.25) is 5.91 Å². The van der Waals surface area contributed by atoms with Crippen LogP contribution in [0.1, 0.15) is 17.2 Å². The first-order valence-electron chi connectivity index (χ1n) is 9.43. The molecule has 2 aromatic carbocycles.